The second kappa shape index (κ2) is 12.3. The smallest absolute Gasteiger partial charge is 0.276 e. The fourth-order valence-electron chi connectivity index (χ4n) is 3.40. The van der Waals surface area contributed by atoms with Crippen molar-refractivity contribution < 1.29 is 28.6 Å². The van der Waals surface area contributed by atoms with Crippen molar-refractivity contribution in [3.63, 3.8) is 0 Å². The van der Waals surface area contributed by atoms with Gasteiger partial charge in [0, 0.05) is 19.0 Å². The summed E-state index contributed by atoms with van der Waals surface area (Å²) in [7, 11) is 0. The molecule has 2 aromatic carbocycles. The van der Waals surface area contributed by atoms with Gasteiger partial charge in [-0.1, -0.05) is 30.3 Å². The summed E-state index contributed by atoms with van der Waals surface area (Å²) in [5.41, 5.74) is 4.81. The maximum atomic E-state index is 12.4. The monoisotopic (exact) mass is 455 g/mol. The molecule has 0 atom stereocenters. The van der Waals surface area contributed by atoms with Crippen molar-refractivity contribution in [3.05, 3.63) is 54.6 Å². The molecule has 3 rings (SSSR count). The fourth-order valence-corrected chi connectivity index (χ4v) is 3.40. The summed E-state index contributed by atoms with van der Waals surface area (Å²) in [6.45, 7) is 2.95. The molecular weight excluding hydrogens is 426 g/mol. The maximum Gasteiger partial charge on any atom is 0.276 e. The van der Waals surface area contributed by atoms with Crippen LogP contribution in [0.5, 0.6) is 17.2 Å². The molecular formula is C24H29N3O6. The number of amides is 3. The summed E-state index contributed by atoms with van der Waals surface area (Å²) in [5, 5.41) is 0. The van der Waals surface area contributed by atoms with Crippen LogP contribution in [0.4, 0.5) is 0 Å². The molecule has 176 valence electrons. The van der Waals surface area contributed by atoms with E-state index in [0.717, 1.165) is 0 Å². The van der Waals surface area contributed by atoms with Crippen LogP contribution in [0.3, 0.4) is 0 Å². The highest BCUT2D eigenvalue weighted by molar-refractivity contribution is 5.84. The van der Waals surface area contributed by atoms with Crippen LogP contribution in [0.15, 0.2) is 54.6 Å². The first kappa shape index (κ1) is 23.9. The Hall–Kier alpha value is -3.75. The van der Waals surface area contributed by atoms with Crippen molar-refractivity contribution in [1.29, 1.82) is 0 Å². The van der Waals surface area contributed by atoms with E-state index in [1.54, 1.807) is 35.2 Å². The summed E-state index contributed by atoms with van der Waals surface area (Å²) in [6, 6.07) is 16.2. The third-order valence-electron chi connectivity index (χ3n) is 5.16. The van der Waals surface area contributed by atoms with Crippen molar-refractivity contribution in [3.8, 4) is 17.2 Å². The van der Waals surface area contributed by atoms with E-state index >= 15 is 0 Å². The number of para-hydroxylation sites is 3. The molecule has 0 unspecified atom stereocenters. The van der Waals surface area contributed by atoms with E-state index in [-0.39, 0.29) is 30.9 Å². The molecule has 1 aliphatic heterocycles. The zero-order valence-electron chi connectivity index (χ0n) is 18.6. The Labute approximate surface area is 193 Å². The average molecular weight is 456 g/mol. The van der Waals surface area contributed by atoms with Crippen LogP contribution in [-0.2, 0) is 14.4 Å². The second-order valence-electron chi connectivity index (χ2n) is 7.46. The summed E-state index contributed by atoms with van der Waals surface area (Å²) in [6.07, 6.45) is 1.02. The summed E-state index contributed by atoms with van der Waals surface area (Å²) >= 11 is 0. The van der Waals surface area contributed by atoms with E-state index in [1.807, 2.05) is 31.2 Å². The van der Waals surface area contributed by atoms with Crippen molar-refractivity contribution in [2.75, 3.05) is 32.9 Å². The highest BCUT2D eigenvalue weighted by Gasteiger charge is 2.27. The Bertz CT molecular complexity index is 929. The first-order valence-corrected chi connectivity index (χ1v) is 11.0. The van der Waals surface area contributed by atoms with Gasteiger partial charge < -0.3 is 19.1 Å². The minimum Gasteiger partial charge on any atom is -0.490 e. The van der Waals surface area contributed by atoms with Gasteiger partial charge in [0.05, 0.1) is 6.61 Å². The van der Waals surface area contributed by atoms with E-state index < -0.39 is 5.91 Å². The second-order valence-corrected chi connectivity index (χ2v) is 7.46. The lowest BCUT2D eigenvalue weighted by Gasteiger charge is -2.31. The van der Waals surface area contributed by atoms with Crippen molar-refractivity contribution in [2.24, 2.45) is 5.92 Å². The summed E-state index contributed by atoms with van der Waals surface area (Å²) in [5.74, 6) is 0.466. The molecule has 0 spiro atoms. The highest BCUT2D eigenvalue weighted by atomic mass is 16.5. The normalized spacial score (nSPS) is 13.7. The van der Waals surface area contributed by atoms with Gasteiger partial charge in [0.25, 0.3) is 11.8 Å². The third kappa shape index (κ3) is 7.41. The van der Waals surface area contributed by atoms with Crippen LogP contribution in [0, 0.1) is 5.92 Å². The molecule has 0 radical (unpaired) electrons. The van der Waals surface area contributed by atoms with Gasteiger partial charge in [-0.2, -0.15) is 0 Å². The van der Waals surface area contributed by atoms with Crippen molar-refractivity contribution >= 4 is 17.7 Å². The summed E-state index contributed by atoms with van der Waals surface area (Å²) < 4.78 is 16.4. The Balaban J connectivity index is 1.34. The van der Waals surface area contributed by atoms with Crippen LogP contribution in [0.1, 0.15) is 19.8 Å². The van der Waals surface area contributed by atoms with Crippen LogP contribution in [0.25, 0.3) is 0 Å². The van der Waals surface area contributed by atoms with Crippen LogP contribution < -0.4 is 25.1 Å². The molecule has 0 aromatic heterocycles. The Morgan fingerprint density at radius 3 is 2.15 bits per heavy atom. The van der Waals surface area contributed by atoms with Gasteiger partial charge in [-0.25, -0.2) is 0 Å². The molecule has 1 saturated heterocycles. The van der Waals surface area contributed by atoms with E-state index in [4.69, 9.17) is 14.2 Å². The molecule has 1 aliphatic rings. The number of benzene rings is 2. The Kier molecular flexibility index (Phi) is 8.93. The van der Waals surface area contributed by atoms with Crippen LogP contribution in [-0.4, -0.2) is 55.5 Å². The van der Waals surface area contributed by atoms with Gasteiger partial charge in [-0.15, -0.1) is 0 Å². The maximum absolute atomic E-state index is 12.4. The highest BCUT2D eigenvalue weighted by Crippen LogP contribution is 2.26. The number of nitrogens with one attached hydrogen (secondary N) is 2. The number of ether oxygens (including phenoxy) is 3. The number of nitrogens with zero attached hydrogens (tertiary/aromatic N) is 1. The minimum atomic E-state index is -0.486. The molecule has 0 bridgehead atoms. The van der Waals surface area contributed by atoms with E-state index in [1.165, 1.54) is 0 Å². The fraction of sp³-hybridized carbons (Fsp3) is 0.375. The molecule has 2 N–H and O–H groups in total. The third-order valence-corrected chi connectivity index (χ3v) is 5.16. The lowest BCUT2D eigenvalue weighted by Crippen LogP contribution is -2.49. The predicted molar refractivity (Wildman–Crippen MR) is 121 cm³/mol. The minimum absolute atomic E-state index is 0.0383. The molecule has 33 heavy (non-hydrogen) atoms. The largest absolute Gasteiger partial charge is 0.490 e. The molecule has 9 nitrogen and oxygen atoms in total. The quantitative estimate of drug-likeness (QED) is 0.560. The number of hydrogen-bond donors (Lipinski definition) is 2. The van der Waals surface area contributed by atoms with Crippen LogP contribution in [0.2, 0.25) is 0 Å². The number of piperidine rings is 1. The predicted octanol–water partition coefficient (Wildman–Crippen LogP) is 1.93. The van der Waals surface area contributed by atoms with Gasteiger partial charge >= 0.3 is 0 Å². The molecule has 9 heteroatoms. The zero-order valence-corrected chi connectivity index (χ0v) is 18.6. The number of carbonyl (C=O) groups is 3. The van der Waals surface area contributed by atoms with Crippen molar-refractivity contribution in [2.45, 2.75) is 19.8 Å². The van der Waals surface area contributed by atoms with Gasteiger partial charge in [-0.3, -0.25) is 25.2 Å². The van der Waals surface area contributed by atoms with E-state index in [0.29, 0.717) is 49.8 Å². The standard InChI is InChI=1S/C24H29N3O6/c1-2-31-20-10-6-7-11-21(20)33-16-22(28)25-26-24(30)18-12-14-27(15-13-18)23(29)17-32-19-8-4-3-5-9-19/h3-11,18H,2,12-17H2,1H3,(H,25,28)(H,26,30). The van der Waals surface area contributed by atoms with Crippen molar-refractivity contribution in [1.82, 2.24) is 15.8 Å². The van der Waals surface area contributed by atoms with Gasteiger partial charge in [0.15, 0.2) is 24.7 Å². The van der Waals surface area contributed by atoms with E-state index in [2.05, 4.69) is 10.9 Å². The number of rotatable bonds is 9. The SMILES string of the molecule is CCOc1ccccc1OCC(=O)NNC(=O)C1CCN(C(=O)COc2ccccc2)CC1. The van der Waals surface area contributed by atoms with Gasteiger partial charge in [-0.05, 0) is 44.0 Å². The number of carbonyl (C=O) groups excluding carboxylic acids is 3. The Morgan fingerprint density at radius 1 is 0.848 bits per heavy atom. The number of hydrogen-bond acceptors (Lipinski definition) is 6. The van der Waals surface area contributed by atoms with Crippen LogP contribution >= 0.6 is 0 Å². The molecule has 1 fully saturated rings. The molecule has 0 saturated carbocycles. The van der Waals surface area contributed by atoms with Gasteiger partial charge in [0.1, 0.15) is 5.75 Å². The van der Waals surface area contributed by atoms with Gasteiger partial charge in [0.2, 0.25) is 5.91 Å². The molecule has 2 aromatic rings. The average Bonchev–Trinajstić information content (AvgIpc) is 2.86. The first-order chi connectivity index (χ1) is 16.1. The lowest BCUT2D eigenvalue weighted by molar-refractivity contribution is -0.138. The molecule has 0 aliphatic carbocycles. The molecule has 1 heterocycles. The number of likely N-dealkylation sites (tertiary alicyclic amines) is 1. The number of hydrazine groups is 1. The first-order valence-electron chi connectivity index (χ1n) is 11.0. The zero-order chi connectivity index (χ0) is 23.5. The van der Waals surface area contributed by atoms with E-state index in [9.17, 15) is 14.4 Å². The molecule has 3 amide bonds. The topological polar surface area (TPSA) is 106 Å². The summed E-state index contributed by atoms with van der Waals surface area (Å²) in [4.78, 5) is 38.5. The lowest BCUT2D eigenvalue weighted by atomic mass is 9.96. The Morgan fingerprint density at radius 2 is 1.48 bits per heavy atom.